The summed E-state index contributed by atoms with van der Waals surface area (Å²) in [5, 5.41) is 17.1. The topological polar surface area (TPSA) is 226 Å². The van der Waals surface area contributed by atoms with E-state index in [9.17, 15) is 39.6 Å². The van der Waals surface area contributed by atoms with Gasteiger partial charge in [0.2, 0.25) is 10.0 Å². The molecule has 0 spiro atoms. The predicted octanol–water partition coefficient (Wildman–Crippen LogP) is 4.63. The van der Waals surface area contributed by atoms with Crippen molar-refractivity contribution >= 4 is 65.3 Å². The summed E-state index contributed by atoms with van der Waals surface area (Å²) in [6.07, 6.45) is -3.86. The number of halogens is 4. The van der Waals surface area contributed by atoms with Crippen molar-refractivity contribution in [2.45, 2.75) is 37.8 Å². The number of fused-ring (bicyclic) bond motifs is 2. The van der Waals surface area contributed by atoms with Gasteiger partial charge in [-0.05, 0) is 96.8 Å². The van der Waals surface area contributed by atoms with E-state index in [2.05, 4.69) is 25.3 Å². The molecule has 1 saturated carbocycles. The number of nitrogens with two attached hydrogens (primary N) is 2. The van der Waals surface area contributed by atoms with Crippen molar-refractivity contribution in [3.8, 4) is 11.4 Å². The maximum Gasteiger partial charge on any atom is 0.416 e. The molecule has 4 aromatic carbocycles. The quantitative estimate of drug-likeness (QED) is 0.0954. The first-order valence-electron chi connectivity index (χ1n) is 18.1. The number of para-hydroxylation sites is 1. The lowest BCUT2D eigenvalue weighted by molar-refractivity contribution is -0.137. The highest BCUT2D eigenvalue weighted by Crippen LogP contribution is 2.56. The van der Waals surface area contributed by atoms with Gasteiger partial charge in [-0.2, -0.15) is 31.6 Å². The van der Waals surface area contributed by atoms with Gasteiger partial charge >= 0.3 is 17.6 Å². The lowest BCUT2D eigenvalue weighted by Crippen LogP contribution is -2.34. The normalized spacial score (nSPS) is 15.8. The summed E-state index contributed by atoms with van der Waals surface area (Å²) in [4.78, 5) is 35.8. The van der Waals surface area contributed by atoms with Crippen molar-refractivity contribution in [2.75, 3.05) is 36.0 Å². The summed E-state index contributed by atoms with van der Waals surface area (Å²) in [5.74, 6) is -0.163. The number of alkyl halides is 3. The fourth-order valence-electron chi connectivity index (χ4n) is 7.29. The van der Waals surface area contributed by atoms with Gasteiger partial charge in [-0.25, -0.2) is 33.0 Å². The summed E-state index contributed by atoms with van der Waals surface area (Å²) in [6.45, 7) is 1.72. The zero-order chi connectivity index (χ0) is 42.4. The van der Waals surface area contributed by atoms with Gasteiger partial charge in [0, 0.05) is 30.4 Å². The fraction of sp³-hybridized carbons (Fsp3) is 0.263. The molecule has 0 aliphatic heterocycles. The molecule has 0 amide bonds. The van der Waals surface area contributed by atoms with Gasteiger partial charge in [-0.15, -0.1) is 0 Å². The number of rotatable bonds is 14. The van der Waals surface area contributed by atoms with E-state index >= 15 is 0 Å². The van der Waals surface area contributed by atoms with Crippen LogP contribution in [0.2, 0.25) is 5.02 Å². The first-order valence-corrected chi connectivity index (χ1v) is 21.8. The Hall–Kier alpha value is -5.38. The molecule has 59 heavy (non-hydrogen) atoms. The second kappa shape index (κ2) is 16.0. The summed E-state index contributed by atoms with van der Waals surface area (Å²) in [6, 6.07) is 20.6. The van der Waals surface area contributed by atoms with E-state index in [4.69, 9.17) is 21.9 Å². The molecule has 6 aromatic rings. The summed E-state index contributed by atoms with van der Waals surface area (Å²) >= 11 is 6.56. The number of benzene rings is 4. The zero-order valence-electron chi connectivity index (χ0n) is 31.1. The van der Waals surface area contributed by atoms with Gasteiger partial charge < -0.3 is 10.6 Å². The third-order valence-electron chi connectivity index (χ3n) is 10.1. The smallest absolute Gasteiger partial charge is 0.369 e. The monoisotopic (exact) mass is 871 g/mol. The van der Waals surface area contributed by atoms with Gasteiger partial charge in [0.1, 0.15) is 11.6 Å². The molecule has 0 bridgehead atoms. The Bertz CT molecular complexity index is 2980. The maximum absolute atomic E-state index is 14.0. The number of anilines is 2. The van der Waals surface area contributed by atoms with Crippen LogP contribution in [0.4, 0.5) is 24.8 Å². The first-order chi connectivity index (χ1) is 27.8. The van der Waals surface area contributed by atoms with Gasteiger partial charge in [0.15, 0.2) is 0 Å². The molecule has 0 saturated heterocycles. The number of primary sulfonamides is 1. The second-order valence-electron chi connectivity index (χ2n) is 14.1. The van der Waals surface area contributed by atoms with E-state index in [0.29, 0.717) is 39.3 Å². The minimum Gasteiger partial charge on any atom is -0.369 e. The Morgan fingerprint density at radius 1 is 0.780 bits per heavy atom. The van der Waals surface area contributed by atoms with Crippen LogP contribution in [-0.4, -0.2) is 61.3 Å². The van der Waals surface area contributed by atoms with Crippen molar-refractivity contribution < 1.29 is 30.0 Å². The molecule has 1 fully saturated rings. The van der Waals surface area contributed by atoms with Crippen molar-refractivity contribution in [1.29, 1.82) is 0 Å². The Kier molecular flexibility index (Phi) is 11.3. The molecule has 7 rings (SSSR count). The van der Waals surface area contributed by atoms with Crippen molar-refractivity contribution in [3.63, 3.8) is 0 Å². The van der Waals surface area contributed by atoms with Crippen LogP contribution in [0.15, 0.2) is 88.5 Å². The molecular formula is C38H37ClF3N9O6S2. The van der Waals surface area contributed by atoms with Crippen LogP contribution < -0.4 is 37.0 Å². The Morgan fingerprint density at radius 2 is 1.39 bits per heavy atom. The highest BCUT2D eigenvalue weighted by molar-refractivity contribution is 7.89. The van der Waals surface area contributed by atoms with Gasteiger partial charge in [0.05, 0.1) is 38.7 Å². The number of aromatic nitrogens is 4. The second-order valence-corrected chi connectivity index (χ2v) is 17.6. The lowest BCUT2D eigenvalue weighted by Gasteiger charge is -2.19. The lowest BCUT2D eigenvalue weighted by atomic mass is 9.98. The van der Waals surface area contributed by atoms with E-state index < -0.39 is 43.4 Å². The summed E-state index contributed by atoms with van der Waals surface area (Å²) < 4.78 is 92.2. The Labute approximate surface area is 340 Å². The molecule has 310 valence electrons. The zero-order valence-corrected chi connectivity index (χ0v) is 33.5. The van der Waals surface area contributed by atoms with Gasteiger partial charge in [0.25, 0.3) is 10.2 Å². The molecular weight excluding hydrogens is 835 g/mol. The number of nitrogens with one attached hydrogen (secondary N) is 3. The molecule has 15 nitrogen and oxygen atoms in total. The van der Waals surface area contributed by atoms with Crippen LogP contribution in [-0.2, 0) is 26.4 Å². The number of sulfonamides is 1. The van der Waals surface area contributed by atoms with Crippen LogP contribution in [0.25, 0.3) is 33.2 Å². The van der Waals surface area contributed by atoms with Crippen molar-refractivity contribution in [2.24, 2.45) is 10.3 Å². The molecule has 2 heterocycles. The van der Waals surface area contributed by atoms with Crippen LogP contribution in [0.1, 0.15) is 46.9 Å². The fourth-order valence-corrected chi connectivity index (χ4v) is 8.44. The van der Waals surface area contributed by atoms with Crippen molar-refractivity contribution in [3.05, 3.63) is 127 Å². The average Bonchev–Trinajstić information content (AvgIpc) is 3.95. The number of nitrogens with zero attached hydrogens (tertiary/aromatic N) is 4. The van der Waals surface area contributed by atoms with Gasteiger partial charge in [-0.3, -0.25) is 9.13 Å². The standard InChI is InChI=1S/C38H37ClF3N9O6S2/c1-21-24(6-4-9-30(21)50-33-19-23(38(40,41)42)11-13-26(33)35(49-36(50)52)46-15-16-47-59(44,56)57)28-20-27(28)22-10-12-25-32(18-22)51(31-8-3-2-7-29(31)39)37(53)48-34(25)45-14-5-17-58(43,54)55/h2-4,6-13,18-19,27-28,47H,5,14-17,20H2,1H3,(H2,43,54,55)(H2,44,56,57)(H,45,48,53)(H,46,49,52). The van der Waals surface area contributed by atoms with E-state index in [-0.39, 0.29) is 66.2 Å². The molecule has 2 aromatic heterocycles. The van der Waals surface area contributed by atoms with E-state index in [1.165, 1.54) is 10.6 Å². The molecule has 1 aliphatic rings. The van der Waals surface area contributed by atoms with E-state index in [1.807, 2.05) is 24.3 Å². The Morgan fingerprint density at radius 3 is 2.03 bits per heavy atom. The summed E-state index contributed by atoms with van der Waals surface area (Å²) in [5.41, 5.74) is 1.09. The van der Waals surface area contributed by atoms with Crippen molar-refractivity contribution in [1.82, 2.24) is 23.8 Å². The number of hydrogen-bond donors (Lipinski definition) is 5. The molecule has 2 atom stereocenters. The van der Waals surface area contributed by atoms with E-state index in [1.54, 1.807) is 43.3 Å². The maximum atomic E-state index is 14.0. The van der Waals surface area contributed by atoms with Crippen LogP contribution in [0, 0.1) is 6.92 Å². The van der Waals surface area contributed by atoms with E-state index in [0.717, 1.165) is 27.8 Å². The third-order valence-corrected chi connectivity index (χ3v) is 11.8. The minimum absolute atomic E-state index is 0.0362. The highest BCUT2D eigenvalue weighted by atomic mass is 35.5. The summed E-state index contributed by atoms with van der Waals surface area (Å²) in [7, 11) is -7.70. The highest BCUT2D eigenvalue weighted by Gasteiger charge is 2.41. The molecule has 7 N–H and O–H groups in total. The molecule has 0 radical (unpaired) electrons. The van der Waals surface area contributed by atoms with Crippen LogP contribution in [0.3, 0.4) is 0 Å². The largest absolute Gasteiger partial charge is 0.416 e. The predicted molar refractivity (Wildman–Crippen MR) is 220 cm³/mol. The van der Waals surface area contributed by atoms with Crippen LogP contribution in [0.5, 0.6) is 0 Å². The van der Waals surface area contributed by atoms with Crippen LogP contribution >= 0.6 is 11.6 Å². The first kappa shape index (κ1) is 41.8. The van der Waals surface area contributed by atoms with Gasteiger partial charge in [-0.1, -0.05) is 41.9 Å². The molecule has 21 heteroatoms. The minimum atomic E-state index is -4.72. The molecule has 2 unspecified atom stereocenters. The average molecular weight is 872 g/mol. The third kappa shape index (κ3) is 9.12. The number of hydrogen-bond acceptors (Lipinski definition) is 10. The molecule has 1 aliphatic carbocycles. The Balaban J connectivity index is 1.26. The SMILES string of the molecule is Cc1c(C2CC2c2ccc3c(NCCCS(N)(=O)=O)nc(=O)n(-c4ccccc4Cl)c3c2)cccc1-n1c(=O)nc(NCCNS(N)(=O)=O)c2ccc(C(F)(F)F)cc21.